The molecule has 0 heterocycles. The number of carbonyl (C=O) groups excluding carboxylic acids is 2. The van der Waals surface area contributed by atoms with E-state index < -0.39 is 6.09 Å². The fraction of sp³-hybridized carbons (Fsp3) is 0.800. The van der Waals surface area contributed by atoms with Gasteiger partial charge in [0.15, 0.2) is 0 Å². The van der Waals surface area contributed by atoms with Crippen molar-refractivity contribution in [3.05, 3.63) is 0 Å². The van der Waals surface area contributed by atoms with Crippen molar-refractivity contribution in [1.82, 2.24) is 5.32 Å². The van der Waals surface area contributed by atoms with Gasteiger partial charge < -0.3 is 19.5 Å². The zero-order chi connectivity index (χ0) is 12.2. The number of esters is 1. The summed E-state index contributed by atoms with van der Waals surface area (Å²) in [7, 11) is 2.77. The van der Waals surface area contributed by atoms with Gasteiger partial charge in [-0.25, -0.2) is 9.59 Å². The van der Waals surface area contributed by atoms with Crippen LogP contribution < -0.4 is 5.32 Å². The first-order chi connectivity index (χ1) is 7.70. The van der Waals surface area contributed by atoms with E-state index in [4.69, 9.17) is 4.74 Å². The number of hydrogen-bond acceptors (Lipinski definition) is 5. The maximum absolute atomic E-state index is 10.8. The van der Waals surface area contributed by atoms with Gasteiger partial charge in [0.25, 0.3) is 0 Å². The van der Waals surface area contributed by atoms with Crippen molar-refractivity contribution in [2.45, 2.75) is 19.3 Å². The molecule has 0 aliphatic rings. The van der Waals surface area contributed by atoms with Gasteiger partial charge >= 0.3 is 12.1 Å². The van der Waals surface area contributed by atoms with Gasteiger partial charge in [0.05, 0.1) is 13.7 Å². The molecule has 1 amide bonds. The monoisotopic (exact) mass is 233 g/mol. The third-order valence-corrected chi connectivity index (χ3v) is 1.80. The molecule has 6 heteroatoms. The Hall–Kier alpha value is -1.30. The zero-order valence-corrected chi connectivity index (χ0v) is 9.78. The summed E-state index contributed by atoms with van der Waals surface area (Å²) in [5, 5.41) is 2.56. The predicted molar refractivity (Wildman–Crippen MR) is 57.1 cm³/mol. The second kappa shape index (κ2) is 10.2. The second-order valence-electron chi connectivity index (χ2n) is 3.13. The fourth-order valence-corrected chi connectivity index (χ4v) is 1.01. The van der Waals surface area contributed by atoms with Crippen LogP contribution in [0.1, 0.15) is 19.3 Å². The quantitative estimate of drug-likeness (QED) is 0.493. The Kier molecular flexibility index (Phi) is 9.39. The molecular weight excluding hydrogens is 214 g/mol. The molecule has 6 nitrogen and oxygen atoms in total. The lowest BCUT2D eigenvalue weighted by molar-refractivity contribution is -0.148. The Bertz CT molecular complexity index is 207. The van der Waals surface area contributed by atoms with Gasteiger partial charge in [0.2, 0.25) is 0 Å². The number of rotatable bonds is 8. The van der Waals surface area contributed by atoms with Crippen LogP contribution in [0.4, 0.5) is 4.79 Å². The summed E-state index contributed by atoms with van der Waals surface area (Å²) in [6.07, 6.45) is 2.06. The molecule has 94 valence electrons. The first-order valence-electron chi connectivity index (χ1n) is 5.17. The minimum absolute atomic E-state index is 0.0100. The molecule has 1 N–H and O–H groups in total. The van der Waals surface area contributed by atoms with Crippen LogP contribution in [0.5, 0.6) is 0 Å². The van der Waals surface area contributed by atoms with Gasteiger partial charge in [-0.15, -0.1) is 0 Å². The molecule has 0 aromatic rings. The van der Waals surface area contributed by atoms with E-state index in [0.29, 0.717) is 13.2 Å². The van der Waals surface area contributed by atoms with E-state index >= 15 is 0 Å². The van der Waals surface area contributed by atoms with Crippen molar-refractivity contribution < 1.29 is 23.8 Å². The minimum atomic E-state index is -0.425. The van der Waals surface area contributed by atoms with E-state index in [-0.39, 0.29) is 12.6 Å². The average molecular weight is 233 g/mol. The molecule has 0 unspecified atom stereocenters. The van der Waals surface area contributed by atoms with Crippen molar-refractivity contribution in [2.75, 3.05) is 34.0 Å². The Balaban J connectivity index is 3.15. The molecule has 16 heavy (non-hydrogen) atoms. The Morgan fingerprint density at radius 1 is 1.12 bits per heavy atom. The number of methoxy groups -OCH3 is 2. The minimum Gasteiger partial charge on any atom is -0.464 e. The fourth-order valence-electron chi connectivity index (χ4n) is 1.01. The van der Waals surface area contributed by atoms with Crippen molar-refractivity contribution in [3.8, 4) is 0 Å². The molecule has 0 radical (unpaired) electrons. The summed E-state index contributed by atoms with van der Waals surface area (Å²) in [6.45, 7) is 0.947. The maximum Gasteiger partial charge on any atom is 0.406 e. The van der Waals surface area contributed by atoms with Crippen molar-refractivity contribution in [2.24, 2.45) is 0 Å². The highest BCUT2D eigenvalue weighted by atomic mass is 16.6. The van der Waals surface area contributed by atoms with Crippen LogP contribution >= 0.6 is 0 Å². The lowest BCUT2D eigenvalue weighted by Gasteiger charge is -2.04. The van der Waals surface area contributed by atoms with Gasteiger partial charge in [-0.1, -0.05) is 0 Å². The number of carbonyl (C=O) groups is 2. The van der Waals surface area contributed by atoms with Gasteiger partial charge in [0, 0.05) is 13.7 Å². The molecular formula is C10H19NO5. The van der Waals surface area contributed by atoms with Crippen molar-refractivity contribution >= 4 is 12.1 Å². The number of nitrogens with one attached hydrogen (secondary N) is 1. The molecule has 0 aromatic carbocycles. The Morgan fingerprint density at radius 3 is 2.50 bits per heavy atom. The van der Waals surface area contributed by atoms with E-state index in [2.05, 4.69) is 14.8 Å². The van der Waals surface area contributed by atoms with Crippen LogP contribution in [0.25, 0.3) is 0 Å². The Morgan fingerprint density at radius 2 is 1.88 bits per heavy atom. The van der Waals surface area contributed by atoms with Gasteiger partial charge in [-0.3, -0.25) is 0 Å². The molecule has 0 aliphatic heterocycles. The summed E-state index contributed by atoms with van der Waals surface area (Å²) in [4.78, 5) is 21.5. The van der Waals surface area contributed by atoms with Gasteiger partial charge in [-0.05, 0) is 19.3 Å². The lowest BCUT2D eigenvalue weighted by atomic mass is 10.2. The molecule has 0 aromatic heterocycles. The van der Waals surface area contributed by atoms with Crippen LogP contribution in [0.2, 0.25) is 0 Å². The van der Waals surface area contributed by atoms with Crippen LogP contribution in [-0.2, 0) is 19.0 Å². The summed E-state index contributed by atoms with van der Waals surface area (Å²) < 4.78 is 13.9. The summed E-state index contributed by atoms with van der Waals surface area (Å²) in [5.74, 6) is -0.352. The smallest absolute Gasteiger partial charge is 0.406 e. The standard InChI is InChI=1S/C10H19NO5/c1-14-8-9(12)16-7-5-3-4-6-11-10(13)15-2/h3-8H2,1-2H3,(H,11,13). The first kappa shape index (κ1) is 14.7. The topological polar surface area (TPSA) is 73.9 Å². The number of ether oxygens (including phenoxy) is 3. The van der Waals surface area contributed by atoms with E-state index in [1.165, 1.54) is 14.2 Å². The number of amides is 1. The SMILES string of the molecule is COCC(=O)OCCCCCNC(=O)OC. The number of unbranched alkanes of at least 4 members (excludes halogenated alkanes) is 2. The Labute approximate surface area is 95.2 Å². The maximum atomic E-state index is 10.8. The highest BCUT2D eigenvalue weighted by Gasteiger charge is 2.00. The molecule has 0 saturated heterocycles. The van der Waals surface area contributed by atoms with E-state index in [1.807, 2.05) is 0 Å². The van der Waals surface area contributed by atoms with Crippen molar-refractivity contribution in [1.29, 1.82) is 0 Å². The molecule has 0 rings (SSSR count). The van der Waals surface area contributed by atoms with E-state index in [1.54, 1.807) is 0 Å². The second-order valence-corrected chi connectivity index (χ2v) is 3.13. The van der Waals surface area contributed by atoms with E-state index in [9.17, 15) is 9.59 Å². The number of alkyl carbamates (subject to hydrolysis) is 1. The number of hydrogen-bond donors (Lipinski definition) is 1. The lowest BCUT2D eigenvalue weighted by Crippen LogP contribution is -2.24. The molecule has 0 fully saturated rings. The third-order valence-electron chi connectivity index (χ3n) is 1.80. The summed E-state index contributed by atoms with van der Waals surface area (Å²) in [5.41, 5.74) is 0. The molecule has 0 bridgehead atoms. The summed E-state index contributed by atoms with van der Waals surface area (Å²) in [6, 6.07) is 0. The molecule has 0 spiro atoms. The third kappa shape index (κ3) is 9.26. The largest absolute Gasteiger partial charge is 0.464 e. The van der Waals surface area contributed by atoms with Crippen LogP contribution in [-0.4, -0.2) is 46.0 Å². The highest BCUT2D eigenvalue weighted by molar-refractivity contribution is 5.70. The summed E-state index contributed by atoms with van der Waals surface area (Å²) >= 11 is 0. The zero-order valence-electron chi connectivity index (χ0n) is 9.78. The van der Waals surface area contributed by atoms with Crippen LogP contribution in [0.15, 0.2) is 0 Å². The van der Waals surface area contributed by atoms with Crippen LogP contribution in [0, 0.1) is 0 Å². The van der Waals surface area contributed by atoms with E-state index in [0.717, 1.165) is 19.3 Å². The highest BCUT2D eigenvalue weighted by Crippen LogP contribution is 1.95. The van der Waals surface area contributed by atoms with Crippen molar-refractivity contribution in [3.63, 3.8) is 0 Å². The molecule has 0 atom stereocenters. The average Bonchev–Trinajstić information content (AvgIpc) is 2.27. The van der Waals surface area contributed by atoms with Crippen LogP contribution in [0.3, 0.4) is 0 Å². The normalized spacial score (nSPS) is 9.62. The predicted octanol–water partition coefficient (Wildman–Crippen LogP) is 0.702. The first-order valence-corrected chi connectivity index (χ1v) is 5.17. The molecule has 0 saturated carbocycles. The van der Waals surface area contributed by atoms with Gasteiger partial charge in [0.1, 0.15) is 6.61 Å². The van der Waals surface area contributed by atoms with Gasteiger partial charge in [-0.2, -0.15) is 0 Å². The molecule has 0 aliphatic carbocycles.